The van der Waals surface area contributed by atoms with Crippen LogP contribution in [0.15, 0.2) is 30.3 Å². The highest BCUT2D eigenvalue weighted by molar-refractivity contribution is 7.15. The Morgan fingerprint density at radius 2 is 1.74 bits per heavy atom. The van der Waals surface area contributed by atoms with Crippen LogP contribution in [0.3, 0.4) is 0 Å². The lowest BCUT2D eigenvalue weighted by molar-refractivity contribution is -0.115. The van der Waals surface area contributed by atoms with Crippen LogP contribution in [-0.2, 0) is 4.79 Å². The van der Waals surface area contributed by atoms with Gasteiger partial charge in [-0.2, -0.15) is 0 Å². The van der Waals surface area contributed by atoms with E-state index in [4.69, 9.17) is 0 Å². The molecule has 0 aliphatic rings. The van der Waals surface area contributed by atoms with Crippen LogP contribution < -0.4 is 10.6 Å². The molecule has 1 aromatic heterocycles. The van der Waals surface area contributed by atoms with Gasteiger partial charge in [-0.05, 0) is 50.1 Å². The Bertz CT molecular complexity index is 765. The third-order valence-corrected chi connectivity index (χ3v) is 4.65. The molecule has 0 saturated carbocycles. The average molecular weight is 330 g/mol. The van der Waals surface area contributed by atoms with Gasteiger partial charge in [-0.15, -0.1) is 11.3 Å². The molecule has 0 radical (unpaired) electrons. The third-order valence-electron chi connectivity index (χ3n) is 3.47. The zero-order valence-corrected chi connectivity index (χ0v) is 14.0. The number of Topliss-reactive ketones (excluding diaryl/α,β-unsaturated/α-hetero) is 1. The molecule has 0 spiro atoms. The van der Waals surface area contributed by atoms with Crippen molar-refractivity contribution >= 4 is 34.6 Å². The average Bonchev–Trinajstić information content (AvgIpc) is 3.00. The summed E-state index contributed by atoms with van der Waals surface area (Å²) in [5, 5.41) is 5.33. The van der Waals surface area contributed by atoms with Crippen molar-refractivity contribution < 1.29 is 14.4 Å². The summed E-state index contributed by atoms with van der Waals surface area (Å²) in [7, 11) is 0. The molecule has 6 heteroatoms. The third kappa shape index (κ3) is 4.26. The van der Waals surface area contributed by atoms with E-state index in [0.717, 1.165) is 28.2 Å². The summed E-state index contributed by atoms with van der Waals surface area (Å²) in [4.78, 5) is 36.1. The minimum absolute atomic E-state index is 0.0817. The number of amides is 2. The van der Waals surface area contributed by atoms with E-state index >= 15 is 0 Å². The van der Waals surface area contributed by atoms with Crippen molar-refractivity contribution in [2.24, 2.45) is 0 Å². The quantitative estimate of drug-likeness (QED) is 0.828. The SMILES string of the molecule is CC(=O)c1ccc(C(=O)NCC(=O)Nc2cccc(C)c2C)s1. The van der Waals surface area contributed by atoms with Gasteiger partial charge >= 0.3 is 0 Å². The minimum atomic E-state index is -0.362. The molecule has 2 amide bonds. The second-order valence-corrected chi connectivity index (χ2v) is 6.28. The van der Waals surface area contributed by atoms with Gasteiger partial charge in [0.2, 0.25) is 5.91 Å². The maximum Gasteiger partial charge on any atom is 0.261 e. The first-order chi connectivity index (χ1) is 10.9. The van der Waals surface area contributed by atoms with E-state index in [2.05, 4.69) is 10.6 Å². The highest BCUT2D eigenvalue weighted by Gasteiger charge is 2.13. The summed E-state index contributed by atoms with van der Waals surface area (Å²) in [5.74, 6) is -0.740. The van der Waals surface area contributed by atoms with Crippen molar-refractivity contribution in [3.8, 4) is 0 Å². The molecule has 0 fully saturated rings. The first kappa shape index (κ1) is 16.9. The fourth-order valence-electron chi connectivity index (χ4n) is 1.98. The molecule has 120 valence electrons. The summed E-state index contributed by atoms with van der Waals surface area (Å²) in [6.07, 6.45) is 0. The van der Waals surface area contributed by atoms with E-state index in [1.54, 1.807) is 12.1 Å². The maximum atomic E-state index is 12.0. The molecule has 2 rings (SSSR count). The van der Waals surface area contributed by atoms with E-state index in [9.17, 15) is 14.4 Å². The molecular weight excluding hydrogens is 312 g/mol. The molecular formula is C17H18N2O3S. The Kier molecular flexibility index (Phi) is 5.28. The van der Waals surface area contributed by atoms with Gasteiger partial charge in [0.05, 0.1) is 16.3 Å². The van der Waals surface area contributed by atoms with E-state index in [1.807, 2.05) is 32.0 Å². The number of carbonyl (C=O) groups is 3. The zero-order chi connectivity index (χ0) is 17.0. The highest BCUT2D eigenvalue weighted by Crippen LogP contribution is 2.18. The molecule has 0 aliphatic carbocycles. The first-order valence-corrected chi connectivity index (χ1v) is 7.95. The molecule has 1 aromatic carbocycles. The van der Waals surface area contributed by atoms with Gasteiger partial charge in [0.15, 0.2) is 5.78 Å². The molecule has 5 nitrogen and oxygen atoms in total. The summed E-state index contributed by atoms with van der Waals surface area (Å²) in [6.45, 7) is 5.22. The lowest BCUT2D eigenvalue weighted by Gasteiger charge is -2.10. The lowest BCUT2D eigenvalue weighted by atomic mass is 10.1. The van der Waals surface area contributed by atoms with Gasteiger partial charge in [0.25, 0.3) is 5.91 Å². The fourth-order valence-corrected chi connectivity index (χ4v) is 2.80. The van der Waals surface area contributed by atoms with Gasteiger partial charge in [-0.1, -0.05) is 12.1 Å². The Labute approximate surface area is 138 Å². The maximum absolute atomic E-state index is 12.0. The van der Waals surface area contributed by atoms with Crippen molar-refractivity contribution in [3.05, 3.63) is 51.2 Å². The molecule has 0 saturated heterocycles. The summed E-state index contributed by atoms with van der Waals surface area (Å²) < 4.78 is 0. The number of ketones is 1. The van der Waals surface area contributed by atoms with Crippen molar-refractivity contribution in [2.75, 3.05) is 11.9 Å². The number of thiophene rings is 1. The van der Waals surface area contributed by atoms with Crippen LogP contribution in [0.1, 0.15) is 37.4 Å². The Hall–Kier alpha value is -2.47. The van der Waals surface area contributed by atoms with Crippen LogP contribution in [0, 0.1) is 13.8 Å². The Morgan fingerprint density at radius 3 is 2.39 bits per heavy atom. The van der Waals surface area contributed by atoms with Crippen LogP contribution in [0.5, 0.6) is 0 Å². The summed E-state index contributed by atoms with van der Waals surface area (Å²) in [5.41, 5.74) is 2.82. The molecule has 2 N–H and O–H groups in total. The molecule has 23 heavy (non-hydrogen) atoms. The molecule has 1 heterocycles. The molecule has 0 aliphatic heterocycles. The molecule has 0 unspecified atom stereocenters. The number of rotatable bonds is 5. The largest absolute Gasteiger partial charge is 0.342 e. The van der Waals surface area contributed by atoms with Gasteiger partial charge in [0, 0.05) is 5.69 Å². The monoisotopic (exact) mass is 330 g/mol. The minimum Gasteiger partial charge on any atom is -0.342 e. The van der Waals surface area contributed by atoms with E-state index in [1.165, 1.54) is 6.92 Å². The second-order valence-electron chi connectivity index (χ2n) is 5.20. The normalized spacial score (nSPS) is 10.2. The predicted molar refractivity (Wildman–Crippen MR) is 91.2 cm³/mol. The van der Waals surface area contributed by atoms with Gasteiger partial charge < -0.3 is 10.6 Å². The smallest absolute Gasteiger partial charge is 0.261 e. The van der Waals surface area contributed by atoms with Gasteiger partial charge in [0.1, 0.15) is 0 Å². The predicted octanol–water partition coefficient (Wildman–Crippen LogP) is 2.94. The second kappa shape index (κ2) is 7.19. The van der Waals surface area contributed by atoms with Crippen molar-refractivity contribution in [2.45, 2.75) is 20.8 Å². The Balaban J connectivity index is 1.92. The number of aryl methyl sites for hydroxylation is 1. The van der Waals surface area contributed by atoms with Crippen LogP contribution in [0.2, 0.25) is 0 Å². The lowest BCUT2D eigenvalue weighted by Crippen LogP contribution is -2.32. The zero-order valence-electron chi connectivity index (χ0n) is 13.2. The van der Waals surface area contributed by atoms with Crippen LogP contribution in [-0.4, -0.2) is 24.1 Å². The Morgan fingerprint density at radius 1 is 1.04 bits per heavy atom. The number of hydrogen-bond donors (Lipinski definition) is 2. The van der Waals surface area contributed by atoms with Gasteiger partial charge in [-0.3, -0.25) is 14.4 Å². The molecule has 2 aromatic rings. The van der Waals surface area contributed by atoms with Crippen molar-refractivity contribution in [3.63, 3.8) is 0 Å². The van der Waals surface area contributed by atoms with Crippen LogP contribution in [0.4, 0.5) is 5.69 Å². The van der Waals surface area contributed by atoms with E-state index in [0.29, 0.717) is 9.75 Å². The summed E-state index contributed by atoms with van der Waals surface area (Å²) >= 11 is 1.12. The van der Waals surface area contributed by atoms with Crippen molar-refractivity contribution in [1.29, 1.82) is 0 Å². The number of carbonyl (C=O) groups excluding carboxylic acids is 3. The molecule has 0 atom stereocenters. The number of hydrogen-bond acceptors (Lipinski definition) is 4. The summed E-state index contributed by atoms with van der Waals surface area (Å²) in [6, 6.07) is 8.85. The topological polar surface area (TPSA) is 75.3 Å². The van der Waals surface area contributed by atoms with Crippen LogP contribution >= 0.6 is 11.3 Å². The number of nitrogens with one attached hydrogen (secondary N) is 2. The standard InChI is InChI=1S/C17H18N2O3S/c1-10-5-4-6-13(11(10)2)19-16(21)9-18-17(22)15-8-7-14(23-15)12(3)20/h4-8H,9H2,1-3H3,(H,18,22)(H,19,21). The highest BCUT2D eigenvalue weighted by atomic mass is 32.1. The van der Waals surface area contributed by atoms with E-state index < -0.39 is 0 Å². The number of anilines is 1. The van der Waals surface area contributed by atoms with Crippen LogP contribution in [0.25, 0.3) is 0 Å². The fraction of sp³-hybridized carbons (Fsp3) is 0.235. The van der Waals surface area contributed by atoms with E-state index in [-0.39, 0.29) is 24.1 Å². The van der Waals surface area contributed by atoms with Gasteiger partial charge in [-0.25, -0.2) is 0 Å². The van der Waals surface area contributed by atoms with Crippen molar-refractivity contribution in [1.82, 2.24) is 5.32 Å². The number of benzene rings is 1. The molecule has 0 bridgehead atoms. The first-order valence-electron chi connectivity index (χ1n) is 7.13.